The third-order valence-corrected chi connectivity index (χ3v) is 3.24. The van der Waals surface area contributed by atoms with Crippen LogP contribution in [0.5, 0.6) is 11.6 Å². The minimum Gasteiger partial charge on any atom is -0.477 e. The third-order valence-electron chi connectivity index (χ3n) is 2.93. The molecule has 1 aromatic heterocycles. The van der Waals surface area contributed by atoms with Gasteiger partial charge in [-0.15, -0.1) is 5.10 Å². The molecule has 0 atom stereocenters. The number of aromatic nitrogens is 2. The van der Waals surface area contributed by atoms with Gasteiger partial charge in [0.1, 0.15) is 11.3 Å². The molecule has 2 rings (SSSR count). The number of hydrogen-bond donors (Lipinski definition) is 1. The number of aryl methyl sites for hydroxylation is 2. The molecule has 0 bridgehead atoms. The van der Waals surface area contributed by atoms with Crippen molar-refractivity contribution in [2.24, 2.45) is 0 Å². The van der Waals surface area contributed by atoms with Gasteiger partial charge >= 0.3 is 5.97 Å². The molecule has 104 valence electrons. The lowest BCUT2D eigenvalue weighted by Crippen LogP contribution is -2.08. The van der Waals surface area contributed by atoms with Crippen LogP contribution in [-0.4, -0.2) is 21.3 Å². The Morgan fingerprint density at radius 3 is 2.60 bits per heavy atom. The molecule has 0 fully saturated rings. The molecule has 6 heteroatoms. The summed E-state index contributed by atoms with van der Waals surface area (Å²) in [6.07, 6.45) is 0. The van der Waals surface area contributed by atoms with Gasteiger partial charge in [0.2, 0.25) is 0 Å². The molecule has 2 aromatic rings. The van der Waals surface area contributed by atoms with Crippen molar-refractivity contribution in [3.8, 4) is 11.6 Å². The maximum Gasteiger partial charge on any atom is 0.341 e. The summed E-state index contributed by atoms with van der Waals surface area (Å²) in [6, 6.07) is 5.23. The second-order valence-electron chi connectivity index (χ2n) is 4.43. The molecule has 0 radical (unpaired) electrons. The first kappa shape index (κ1) is 14.3. The van der Waals surface area contributed by atoms with Gasteiger partial charge in [-0.1, -0.05) is 17.7 Å². The first-order valence-electron chi connectivity index (χ1n) is 5.91. The molecular weight excluding hydrogens is 280 g/mol. The number of nitrogens with zero attached hydrogens (tertiary/aromatic N) is 2. The van der Waals surface area contributed by atoms with Crippen molar-refractivity contribution in [1.29, 1.82) is 0 Å². The lowest BCUT2D eigenvalue weighted by Gasteiger charge is -2.11. The summed E-state index contributed by atoms with van der Waals surface area (Å²) in [7, 11) is 0. The zero-order valence-corrected chi connectivity index (χ0v) is 12.0. The Kier molecular flexibility index (Phi) is 3.90. The van der Waals surface area contributed by atoms with Gasteiger partial charge in [-0.3, -0.25) is 0 Å². The Morgan fingerprint density at radius 1 is 1.25 bits per heavy atom. The van der Waals surface area contributed by atoms with Gasteiger partial charge in [0, 0.05) is 0 Å². The Balaban J connectivity index is 2.51. The van der Waals surface area contributed by atoms with Crippen LogP contribution in [0.25, 0.3) is 0 Å². The highest BCUT2D eigenvalue weighted by Gasteiger charge is 2.20. The zero-order valence-electron chi connectivity index (χ0n) is 11.3. The molecule has 1 heterocycles. The summed E-state index contributed by atoms with van der Waals surface area (Å²) in [5.41, 5.74) is 2.00. The predicted molar refractivity (Wildman–Crippen MR) is 74.7 cm³/mol. The van der Waals surface area contributed by atoms with Crippen molar-refractivity contribution in [2.45, 2.75) is 20.8 Å². The lowest BCUT2D eigenvalue weighted by molar-refractivity contribution is 0.0692. The van der Waals surface area contributed by atoms with Crippen LogP contribution in [0, 0.1) is 20.8 Å². The maximum atomic E-state index is 11.4. The molecule has 0 saturated heterocycles. The van der Waals surface area contributed by atoms with Crippen LogP contribution in [0.3, 0.4) is 0 Å². The van der Waals surface area contributed by atoms with E-state index in [1.807, 2.05) is 13.0 Å². The number of benzene rings is 1. The highest BCUT2D eigenvalue weighted by molar-refractivity contribution is 6.32. The predicted octanol–water partition coefficient (Wildman–Crippen LogP) is 3.55. The fourth-order valence-corrected chi connectivity index (χ4v) is 1.86. The topological polar surface area (TPSA) is 72.3 Å². The van der Waals surface area contributed by atoms with Crippen molar-refractivity contribution < 1.29 is 14.6 Å². The van der Waals surface area contributed by atoms with Gasteiger partial charge < -0.3 is 9.84 Å². The molecule has 0 aliphatic rings. The Bertz CT molecular complexity index is 686. The van der Waals surface area contributed by atoms with Crippen molar-refractivity contribution in [3.05, 3.63) is 45.6 Å². The molecule has 20 heavy (non-hydrogen) atoms. The zero-order chi connectivity index (χ0) is 14.9. The van der Waals surface area contributed by atoms with Crippen LogP contribution in [0.2, 0.25) is 5.02 Å². The second kappa shape index (κ2) is 5.46. The van der Waals surface area contributed by atoms with E-state index in [1.54, 1.807) is 26.0 Å². The number of carboxylic acids is 1. The monoisotopic (exact) mass is 292 g/mol. The normalized spacial score (nSPS) is 10.4. The first-order valence-corrected chi connectivity index (χ1v) is 6.29. The molecule has 0 aliphatic heterocycles. The van der Waals surface area contributed by atoms with Gasteiger partial charge in [-0.2, -0.15) is 5.10 Å². The number of rotatable bonds is 3. The molecule has 5 nitrogen and oxygen atoms in total. The summed E-state index contributed by atoms with van der Waals surface area (Å²) in [4.78, 5) is 11.4. The Hall–Kier alpha value is -2.14. The first-order chi connectivity index (χ1) is 9.40. The number of ether oxygens (including phenoxy) is 1. The van der Waals surface area contributed by atoms with Crippen LogP contribution in [0.1, 0.15) is 27.2 Å². The molecule has 0 amide bonds. The second-order valence-corrected chi connectivity index (χ2v) is 4.84. The summed E-state index contributed by atoms with van der Waals surface area (Å²) < 4.78 is 5.53. The van der Waals surface area contributed by atoms with E-state index in [2.05, 4.69) is 10.2 Å². The summed E-state index contributed by atoms with van der Waals surface area (Å²) in [5, 5.41) is 17.4. The van der Waals surface area contributed by atoms with Crippen molar-refractivity contribution >= 4 is 17.6 Å². The molecular formula is C14H13ClN2O3. The van der Waals surface area contributed by atoms with Gasteiger partial charge in [-0.05, 0) is 44.0 Å². The lowest BCUT2D eigenvalue weighted by atomic mass is 10.1. The van der Waals surface area contributed by atoms with E-state index >= 15 is 0 Å². The molecule has 1 aromatic carbocycles. The van der Waals surface area contributed by atoms with Crippen LogP contribution < -0.4 is 4.74 Å². The Labute approximate surface area is 121 Å². The van der Waals surface area contributed by atoms with Crippen LogP contribution in [0.15, 0.2) is 18.2 Å². The standard InChI is InChI=1S/C14H13ClN2O3/c1-7-4-5-10(15)11(6-7)20-13-12(14(18)19)8(2)9(3)16-17-13/h4-6H,1-3H3,(H,18,19). The quantitative estimate of drug-likeness (QED) is 0.936. The smallest absolute Gasteiger partial charge is 0.341 e. The van der Waals surface area contributed by atoms with E-state index in [0.717, 1.165) is 5.56 Å². The van der Waals surface area contributed by atoms with Crippen molar-refractivity contribution in [2.75, 3.05) is 0 Å². The molecule has 0 unspecified atom stereocenters. The molecule has 0 spiro atoms. The molecule has 0 aliphatic carbocycles. The maximum absolute atomic E-state index is 11.4. The summed E-state index contributed by atoms with van der Waals surface area (Å²) in [5.74, 6) is -0.820. The minimum atomic E-state index is -1.11. The van der Waals surface area contributed by atoms with E-state index in [-0.39, 0.29) is 11.4 Å². The number of carbonyl (C=O) groups is 1. The van der Waals surface area contributed by atoms with Crippen molar-refractivity contribution in [1.82, 2.24) is 10.2 Å². The van der Waals surface area contributed by atoms with Crippen molar-refractivity contribution in [3.63, 3.8) is 0 Å². The highest BCUT2D eigenvalue weighted by Crippen LogP contribution is 2.31. The fourth-order valence-electron chi connectivity index (χ4n) is 1.70. The SMILES string of the molecule is Cc1ccc(Cl)c(Oc2nnc(C)c(C)c2C(=O)O)c1. The van der Waals surface area contributed by atoms with Crippen LogP contribution >= 0.6 is 11.6 Å². The summed E-state index contributed by atoms with van der Waals surface area (Å²) in [6.45, 7) is 5.24. The minimum absolute atomic E-state index is 0.00456. The number of hydrogen-bond acceptors (Lipinski definition) is 4. The Morgan fingerprint density at radius 2 is 1.95 bits per heavy atom. The van der Waals surface area contributed by atoms with E-state index < -0.39 is 5.97 Å². The fraction of sp³-hybridized carbons (Fsp3) is 0.214. The summed E-state index contributed by atoms with van der Waals surface area (Å²) >= 11 is 6.03. The molecule has 1 N–H and O–H groups in total. The number of aromatic carboxylic acids is 1. The number of carboxylic acid groups (broad SMARTS) is 1. The van der Waals surface area contributed by atoms with Gasteiger partial charge in [-0.25, -0.2) is 4.79 Å². The van der Waals surface area contributed by atoms with Gasteiger partial charge in [0.05, 0.1) is 10.7 Å². The largest absolute Gasteiger partial charge is 0.477 e. The van der Waals surface area contributed by atoms with E-state index in [0.29, 0.717) is 22.0 Å². The molecule has 0 saturated carbocycles. The average molecular weight is 293 g/mol. The van der Waals surface area contributed by atoms with E-state index in [4.69, 9.17) is 16.3 Å². The number of halogens is 1. The highest BCUT2D eigenvalue weighted by atomic mass is 35.5. The van der Waals surface area contributed by atoms with E-state index in [9.17, 15) is 9.90 Å². The van der Waals surface area contributed by atoms with Gasteiger partial charge in [0.15, 0.2) is 0 Å². The average Bonchev–Trinajstić information content (AvgIpc) is 2.38. The van der Waals surface area contributed by atoms with Gasteiger partial charge in [0.25, 0.3) is 5.88 Å². The van der Waals surface area contributed by atoms with Crippen LogP contribution in [0.4, 0.5) is 0 Å². The van der Waals surface area contributed by atoms with Crippen LogP contribution in [-0.2, 0) is 0 Å². The van der Waals surface area contributed by atoms with E-state index in [1.165, 1.54) is 0 Å². The third kappa shape index (κ3) is 2.72.